The lowest BCUT2D eigenvalue weighted by Crippen LogP contribution is -2.55. The lowest BCUT2D eigenvalue weighted by molar-refractivity contribution is -0.137. The number of hydrogen-bond donors (Lipinski definition) is 1. The van der Waals surface area contributed by atoms with Gasteiger partial charge in [-0.05, 0) is 117 Å². The van der Waals surface area contributed by atoms with E-state index in [-0.39, 0.29) is 6.10 Å². The number of aliphatic hydroxyl groups excluding tert-OH is 1. The van der Waals surface area contributed by atoms with Crippen molar-refractivity contribution in [3.63, 3.8) is 0 Å². The van der Waals surface area contributed by atoms with Gasteiger partial charge in [0.15, 0.2) is 0 Å². The summed E-state index contributed by atoms with van der Waals surface area (Å²) in [7, 11) is 0. The molecule has 2 heteroatoms. The second kappa shape index (κ2) is 5.72. The Kier molecular flexibility index (Phi) is 3.80. The fraction of sp³-hybridized carbons (Fsp3) is 0.957. The Labute approximate surface area is 153 Å². The molecule has 5 aliphatic rings. The van der Waals surface area contributed by atoms with E-state index in [1.165, 1.54) is 64.2 Å². The van der Waals surface area contributed by atoms with Gasteiger partial charge in [0.1, 0.15) is 0 Å². The highest BCUT2D eigenvalue weighted by molar-refractivity contribution is 5.12. The van der Waals surface area contributed by atoms with E-state index in [0.29, 0.717) is 16.7 Å². The maximum Gasteiger partial charge on any atom is 0.0655 e. The van der Waals surface area contributed by atoms with Crippen molar-refractivity contribution in [2.45, 2.75) is 90.1 Å². The van der Waals surface area contributed by atoms with Crippen molar-refractivity contribution in [3.05, 3.63) is 0 Å². The first-order valence-corrected chi connectivity index (χ1v) is 11.1. The van der Waals surface area contributed by atoms with Gasteiger partial charge in [0.05, 0.1) is 12.2 Å². The smallest absolute Gasteiger partial charge is 0.0655 e. The molecule has 0 amide bonds. The molecule has 0 radical (unpaired) electrons. The molecule has 0 heterocycles. The number of hydrogen-bond acceptors (Lipinski definition) is 2. The Bertz CT molecular complexity index is 581. The first-order valence-electron chi connectivity index (χ1n) is 11.1. The first kappa shape index (κ1) is 16.6. The highest BCUT2D eigenvalue weighted by atomic mass is 16.3. The molecule has 0 aromatic carbocycles. The van der Waals surface area contributed by atoms with Crippen LogP contribution in [0.5, 0.6) is 0 Å². The minimum absolute atomic E-state index is 0.0262. The van der Waals surface area contributed by atoms with E-state index >= 15 is 0 Å². The zero-order chi connectivity index (χ0) is 17.2. The van der Waals surface area contributed by atoms with Crippen LogP contribution in [0.25, 0.3) is 0 Å². The van der Waals surface area contributed by atoms with Crippen LogP contribution in [-0.2, 0) is 0 Å². The molecule has 5 unspecified atom stereocenters. The van der Waals surface area contributed by atoms with Crippen LogP contribution in [0.3, 0.4) is 0 Å². The summed E-state index contributed by atoms with van der Waals surface area (Å²) in [4.78, 5) is 0. The van der Waals surface area contributed by atoms with Crippen LogP contribution in [0.15, 0.2) is 0 Å². The van der Waals surface area contributed by atoms with Crippen LogP contribution in [-0.4, -0.2) is 11.2 Å². The monoisotopic (exact) mass is 341 g/mol. The van der Waals surface area contributed by atoms with Crippen LogP contribution >= 0.6 is 0 Å². The standard InChI is InChI=1S/C23H35NO/c1-22-9-7-18(25)13-16(22)2-4-19-20(22)8-11-23-10-6-15(14-24)12-17(23)3-5-21(19)23/h15-21,25H,2-13H2,1H3/t15-,16-,17?,18+,19?,20?,21?,22-,23?/m0/s1. The number of rotatable bonds is 0. The lowest BCUT2D eigenvalue weighted by Gasteiger charge is -2.62. The predicted octanol–water partition coefficient (Wildman–Crippen LogP) is 5.31. The second-order valence-corrected chi connectivity index (χ2v) is 10.7. The van der Waals surface area contributed by atoms with Crippen molar-refractivity contribution in [2.24, 2.45) is 46.3 Å². The van der Waals surface area contributed by atoms with E-state index in [2.05, 4.69) is 13.0 Å². The van der Waals surface area contributed by atoms with Gasteiger partial charge in [-0.25, -0.2) is 0 Å². The minimum atomic E-state index is -0.0262. The third-order valence-electron chi connectivity index (χ3n) is 10.2. The third-order valence-corrected chi connectivity index (χ3v) is 10.2. The molecule has 25 heavy (non-hydrogen) atoms. The molecule has 0 aromatic rings. The van der Waals surface area contributed by atoms with E-state index in [0.717, 1.165) is 42.4 Å². The molecule has 2 nitrogen and oxygen atoms in total. The molecule has 0 aliphatic heterocycles. The normalized spacial score (nSPS) is 57.6. The van der Waals surface area contributed by atoms with E-state index in [9.17, 15) is 10.4 Å². The van der Waals surface area contributed by atoms with Gasteiger partial charge in [0.2, 0.25) is 0 Å². The SMILES string of the molecule is C[C@]12CC[C@@H](O)C[C@@H]1CCC1C3CCC4C[C@@H](C#N)CCC43CCC12. The molecule has 9 atom stereocenters. The van der Waals surface area contributed by atoms with Crippen molar-refractivity contribution in [1.82, 2.24) is 0 Å². The summed E-state index contributed by atoms with van der Waals surface area (Å²) < 4.78 is 0. The number of aliphatic hydroxyl groups is 1. The zero-order valence-corrected chi connectivity index (χ0v) is 15.9. The fourth-order valence-corrected chi connectivity index (χ4v) is 9.04. The minimum Gasteiger partial charge on any atom is -0.393 e. The van der Waals surface area contributed by atoms with Crippen LogP contribution in [0.4, 0.5) is 0 Å². The van der Waals surface area contributed by atoms with Gasteiger partial charge in [0, 0.05) is 5.92 Å². The molecular formula is C23H35NO. The summed E-state index contributed by atoms with van der Waals surface area (Å²) in [5.74, 6) is 4.81. The van der Waals surface area contributed by atoms with Gasteiger partial charge in [-0.15, -0.1) is 0 Å². The highest BCUT2D eigenvalue weighted by Gasteiger charge is 2.62. The van der Waals surface area contributed by atoms with Gasteiger partial charge in [-0.3, -0.25) is 0 Å². The summed E-state index contributed by atoms with van der Waals surface area (Å²) in [6.45, 7) is 2.59. The van der Waals surface area contributed by atoms with Crippen LogP contribution in [0, 0.1) is 57.7 Å². The highest BCUT2D eigenvalue weighted by Crippen LogP contribution is 2.70. The molecule has 5 aliphatic carbocycles. The van der Waals surface area contributed by atoms with Crippen molar-refractivity contribution in [1.29, 1.82) is 5.26 Å². The first-order chi connectivity index (χ1) is 12.1. The molecule has 1 spiro atoms. The molecule has 0 saturated heterocycles. The topological polar surface area (TPSA) is 44.0 Å². The quantitative estimate of drug-likeness (QED) is 0.649. The predicted molar refractivity (Wildman–Crippen MR) is 98.5 cm³/mol. The van der Waals surface area contributed by atoms with Gasteiger partial charge in [-0.2, -0.15) is 5.26 Å². The summed E-state index contributed by atoms with van der Waals surface area (Å²) in [6.07, 6.45) is 15.6. The summed E-state index contributed by atoms with van der Waals surface area (Å²) >= 11 is 0. The van der Waals surface area contributed by atoms with E-state index in [1.54, 1.807) is 0 Å². The average molecular weight is 342 g/mol. The molecule has 138 valence electrons. The molecular weight excluding hydrogens is 306 g/mol. The second-order valence-electron chi connectivity index (χ2n) is 10.7. The zero-order valence-electron chi connectivity index (χ0n) is 15.9. The maximum absolute atomic E-state index is 10.2. The molecule has 5 rings (SSSR count). The Hall–Kier alpha value is -0.550. The average Bonchev–Trinajstić information content (AvgIpc) is 3.01. The molecule has 1 N–H and O–H groups in total. The number of nitriles is 1. The number of nitrogens with zero attached hydrogens (tertiary/aromatic N) is 1. The van der Waals surface area contributed by atoms with E-state index in [1.807, 2.05) is 0 Å². The Morgan fingerprint density at radius 3 is 2.48 bits per heavy atom. The summed E-state index contributed by atoms with van der Waals surface area (Å²) in [5, 5.41) is 19.6. The lowest BCUT2D eigenvalue weighted by atomic mass is 9.43. The molecule has 5 saturated carbocycles. The fourth-order valence-electron chi connectivity index (χ4n) is 9.04. The third kappa shape index (κ3) is 2.24. The van der Waals surface area contributed by atoms with E-state index in [4.69, 9.17) is 0 Å². The summed E-state index contributed by atoms with van der Waals surface area (Å²) in [6, 6.07) is 2.59. The van der Waals surface area contributed by atoms with E-state index < -0.39 is 0 Å². The van der Waals surface area contributed by atoms with Crippen molar-refractivity contribution in [3.8, 4) is 6.07 Å². The Balaban J connectivity index is 1.41. The maximum atomic E-state index is 10.2. The van der Waals surface area contributed by atoms with Crippen LogP contribution in [0.1, 0.15) is 84.0 Å². The van der Waals surface area contributed by atoms with Gasteiger partial charge >= 0.3 is 0 Å². The van der Waals surface area contributed by atoms with Crippen LogP contribution < -0.4 is 0 Å². The largest absolute Gasteiger partial charge is 0.393 e. The van der Waals surface area contributed by atoms with Crippen molar-refractivity contribution >= 4 is 0 Å². The van der Waals surface area contributed by atoms with Gasteiger partial charge < -0.3 is 5.11 Å². The van der Waals surface area contributed by atoms with Crippen LogP contribution in [0.2, 0.25) is 0 Å². The Morgan fingerprint density at radius 2 is 1.64 bits per heavy atom. The van der Waals surface area contributed by atoms with Crippen molar-refractivity contribution < 1.29 is 5.11 Å². The molecule has 0 bridgehead atoms. The molecule has 0 aromatic heterocycles. The number of fused-ring (bicyclic) bond motifs is 4. The summed E-state index contributed by atoms with van der Waals surface area (Å²) in [5.41, 5.74) is 1.12. The van der Waals surface area contributed by atoms with Crippen molar-refractivity contribution in [2.75, 3.05) is 0 Å². The molecule has 5 fully saturated rings. The van der Waals surface area contributed by atoms with Gasteiger partial charge in [-0.1, -0.05) is 6.92 Å². The van der Waals surface area contributed by atoms with Gasteiger partial charge in [0.25, 0.3) is 0 Å². The Morgan fingerprint density at radius 1 is 0.840 bits per heavy atom.